The van der Waals surface area contributed by atoms with Gasteiger partial charge in [0.15, 0.2) is 11.5 Å². The van der Waals surface area contributed by atoms with Gasteiger partial charge in [0, 0.05) is 42.5 Å². The van der Waals surface area contributed by atoms with Crippen LogP contribution in [-0.2, 0) is 22.6 Å². The van der Waals surface area contributed by atoms with Crippen molar-refractivity contribution in [3.8, 4) is 5.69 Å². The fourth-order valence-electron chi connectivity index (χ4n) is 6.66. The molecule has 2 aliphatic carbocycles. The maximum atomic E-state index is 14.9. The molecule has 12 heteroatoms. The average molecular weight is 540 g/mol. The first-order valence-corrected chi connectivity index (χ1v) is 13.0. The smallest absolute Gasteiger partial charge is 0.375 e. The number of likely N-dealkylation sites (tertiary alicyclic amines) is 1. The Labute approximate surface area is 215 Å². The molecule has 0 N–H and O–H groups in total. The van der Waals surface area contributed by atoms with E-state index in [1.54, 1.807) is 0 Å². The predicted molar refractivity (Wildman–Crippen MR) is 124 cm³/mol. The molecule has 5 aliphatic rings. The minimum absolute atomic E-state index is 0.0810. The van der Waals surface area contributed by atoms with Crippen LogP contribution >= 0.6 is 11.6 Å². The molecule has 7 nitrogen and oxygen atoms in total. The van der Waals surface area contributed by atoms with Gasteiger partial charge in [-0.2, -0.15) is 13.2 Å². The number of nitrogens with zero attached hydrogens (tertiary/aromatic N) is 5. The molecule has 4 heterocycles. The van der Waals surface area contributed by atoms with Crippen molar-refractivity contribution in [2.45, 2.75) is 56.5 Å². The van der Waals surface area contributed by atoms with E-state index in [0.29, 0.717) is 37.0 Å². The highest BCUT2D eigenvalue weighted by molar-refractivity contribution is 6.30. The molecule has 0 radical (unpaired) electrons. The van der Waals surface area contributed by atoms with Crippen LogP contribution in [0, 0.1) is 10.8 Å². The van der Waals surface area contributed by atoms with Crippen molar-refractivity contribution in [1.82, 2.24) is 24.6 Å². The Morgan fingerprint density at radius 1 is 1.14 bits per heavy atom. The molecule has 198 valence electrons. The molecule has 1 aromatic carbocycles. The summed E-state index contributed by atoms with van der Waals surface area (Å²) in [6, 6.07) is 5.63. The Morgan fingerprint density at radius 3 is 2.49 bits per heavy atom. The number of hydrogen-bond acceptors (Lipinski definition) is 5. The second kappa shape index (κ2) is 7.66. The molecule has 1 aromatic heterocycles. The Morgan fingerprint density at radius 2 is 1.86 bits per heavy atom. The number of hydrogen-bond donors (Lipinski definition) is 0. The third kappa shape index (κ3) is 3.64. The number of fused-ring (bicyclic) bond motifs is 3. The van der Waals surface area contributed by atoms with Gasteiger partial charge in [-0.15, -0.1) is 10.2 Å². The van der Waals surface area contributed by atoms with Gasteiger partial charge in [-0.1, -0.05) is 11.6 Å². The van der Waals surface area contributed by atoms with E-state index in [4.69, 9.17) is 16.3 Å². The molecular formula is C25H26ClF4N5O2. The molecule has 2 saturated heterocycles. The SMILES string of the molecule is O=C(N1CC2(CC(c3nnc4n3-c3ccc(Cl)cc3CN(CC3(F)COC3)C4)C2)C1)C1(C(F)(F)F)CC1. The molecule has 2 saturated carbocycles. The maximum Gasteiger partial charge on any atom is 0.403 e. The van der Waals surface area contributed by atoms with E-state index >= 15 is 0 Å². The highest BCUT2D eigenvalue weighted by Gasteiger charge is 2.71. The largest absolute Gasteiger partial charge is 0.403 e. The van der Waals surface area contributed by atoms with Gasteiger partial charge >= 0.3 is 6.18 Å². The van der Waals surface area contributed by atoms with E-state index in [-0.39, 0.29) is 43.9 Å². The lowest BCUT2D eigenvalue weighted by molar-refractivity contribution is -0.207. The van der Waals surface area contributed by atoms with Gasteiger partial charge in [-0.25, -0.2) is 4.39 Å². The molecule has 1 amide bonds. The third-order valence-corrected chi connectivity index (χ3v) is 9.03. The summed E-state index contributed by atoms with van der Waals surface area (Å²) in [5.41, 5.74) is -1.82. The molecule has 0 bridgehead atoms. The monoisotopic (exact) mass is 539 g/mol. The van der Waals surface area contributed by atoms with Crippen molar-refractivity contribution >= 4 is 17.5 Å². The summed E-state index contributed by atoms with van der Waals surface area (Å²) in [4.78, 5) is 16.0. The lowest BCUT2D eigenvalue weighted by Crippen LogP contribution is -2.65. The van der Waals surface area contributed by atoms with Gasteiger partial charge in [-0.3, -0.25) is 14.3 Å². The molecule has 2 aromatic rings. The van der Waals surface area contributed by atoms with Crippen molar-refractivity contribution in [2.24, 2.45) is 10.8 Å². The fraction of sp³-hybridized carbons (Fsp3) is 0.640. The number of carbonyl (C=O) groups excluding carboxylic acids is 1. The van der Waals surface area contributed by atoms with Crippen LogP contribution in [0.25, 0.3) is 5.69 Å². The van der Waals surface area contributed by atoms with Gasteiger partial charge in [0.25, 0.3) is 0 Å². The van der Waals surface area contributed by atoms with E-state index in [1.807, 2.05) is 27.7 Å². The van der Waals surface area contributed by atoms with Crippen LogP contribution in [0.5, 0.6) is 0 Å². The van der Waals surface area contributed by atoms with E-state index in [0.717, 1.165) is 29.9 Å². The van der Waals surface area contributed by atoms with Crippen LogP contribution in [-0.4, -0.2) is 75.2 Å². The summed E-state index contributed by atoms with van der Waals surface area (Å²) in [6.07, 6.45) is -3.21. The minimum Gasteiger partial charge on any atom is -0.375 e. The number of amides is 1. The maximum absolute atomic E-state index is 14.9. The zero-order valence-electron chi connectivity index (χ0n) is 20.0. The second-order valence-electron chi connectivity index (χ2n) is 11.7. The molecular weight excluding hydrogens is 514 g/mol. The number of benzene rings is 1. The normalized spacial score (nSPS) is 25.4. The summed E-state index contributed by atoms with van der Waals surface area (Å²) in [7, 11) is 0. The molecule has 1 spiro atoms. The fourth-order valence-corrected chi connectivity index (χ4v) is 6.86. The molecule has 7 rings (SSSR count). The standard InChI is InChI=1S/C25H26ClF4N5O2/c26-17-1-2-18-15(5-17)8-33(12-23(27)13-37-14-23)9-19-31-32-20(35(18)19)16-6-22(7-16)10-34(11-22)21(36)24(3-4-24)25(28,29)30/h1-2,5,16H,3-4,6-14H2. The number of ether oxygens (including phenoxy) is 1. The van der Waals surface area contributed by atoms with Crippen LogP contribution in [0.15, 0.2) is 18.2 Å². The number of aromatic nitrogens is 3. The van der Waals surface area contributed by atoms with Crippen LogP contribution < -0.4 is 0 Å². The molecule has 0 atom stereocenters. The van der Waals surface area contributed by atoms with Gasteiger partial charge in [0.05, 0.1) is 25.4 Å². The number of halogens is 5. The van der Waals surface area contributed by atoms with Gasteiger partial charge in [-0.05, 0) is 49.4 Å². The first-order valence-electron chi connectivity index (χ1n) is 12.6. The Kier molecular flexibility index (Phi) is 4.94. The first-order chi connectivity index (χ1) is 17.5. The molecule has 0 unspecified atom stereocenters. The van der Waals surface area contributed by atoms with E-state index in [9.17, 15) is 22.4 Å². The topological polar surface area (TPSA) is 63.5 Å². The molecule has 3 aliphatic heterocycles. The number of alkyl halides is 4. The van der Waals surface area contributed by atoms with Crippen molar-refractivity contribution in [3.63, 3.8) is 0 Å². The highest BCUT2D eigenvalue weighted by Crippen LogP contribution is 2.62. The lowest BCUT2D eigenvalue weighted by Gasteiger charge is -2.59. The minimum atomic E-state index is -4.48. The van der Waals surface area contributed by atoms with Crippen LogP contribution in [0.3, 0.4) is 0 Å². The highest BCUT2D eigenvalue weighted by atomic mass is 35.5. The zero-order chi connectivity index (χ0) is 25.8. The number of carbonyl (C=O) groups is 1. The summed E-state index contributed by atoms with van der Waals surface area (Å²) < 4.78 is 62.2. The van der Waals surface area contributed by atoms with E-state index in [2.05, 4.69) is 10.2 Å². The van der Waals surface area contributed by atoms with Crippen molar-refractivity contribution in [2.75, 3.05) is 32.8 Å². The Balaban J connectivity index is 1.10. The third-order valence-electron chi connectivity index (χ3n) is 8.79. The first kappa shape index (κ1) is 23.8. The summed E-state index contributed by atoms with van der Waals surface area (Å²) in [5.74, 6) is 0.830. The van der Waals surface area contributed by atoms with Gasteiger partial charge in [0.2, 0.25) is 5.91 Å². The zero-order valence-corrected chi connectivity index (χ0v) is 20.8. The summed E-state index contributed by atoms with van der Waals surface area (Å²) in [6.45, 7) is 2.04. The Hall–Kier alpha value is -2.24. The Bertz CT molecular complexity index is 1270. The number of rotatable bonds is 4. The van der Waals surface area contributed by atoms with E-state index < -0.39 is 23.2 Å². The summed E-state index contributed by atoms with van der Waals surface area (Å²) >= 11 is 6.30. The van der Waals surface area contributed by atoms with Gasteiger partial charge < -0.3 is 9.64 Å². The van der Waals surface area contributed by atoms with Crippen LogP contribution in [0.2, 0.25) is 5.02 Å². The molecule has 37 heavy (non-hydrogen) atoms. The lowest BCUT2D eigenvalue weighted by atomic mass is 9.57. The average Bonchev–Trinajstić information content (AvgIpc) is 3.51. The quantitative estimate of drug-likeness (QED) is 0.549. The van der Waals surface area contributed by atoms with Crippen molar-refractivity contribution in [3.05, 3.63) is 40.4 Å². The van der Waals surface area contributed by atoms with E-state index in [1.165, 1.54) is 4.90 Å². The van der Waals surface area contributed by atoms with Crippen molar-refractivity contribution in [1.29, 1.82) is 0 Å². The van der Waals surface area contributed by atoms with Crippen LogP contribution in [0.1, 0.15) is 48.8 Å². The van der Waals surface area contributed by atoms with Crippen molar-refractivity contribution < 1.29 is 27.1 Å². The predicted octanol–water partition coefficient (Wildman–Crippen LogP) is 4.02. The summed E-state index contributed by atoms with van der Waals surface area (Å²) in [5, 5.41) is 9.57. The molecule has 4 fully saturated rings. The second-order valence-corrected chi connectivity index (χ2v) is 12.2. The van der Waals surface area contributed by atoms with Crippen LogP contribution in [0.4, 0.5) is 17.6 Å². The van der Waals surface area contributed by atoms with Gasteiger partial charge in [0.1, 0.15) is 11.2 Å².